The molecule has 0 atom stereocenters. The molecule has 0 aliphatic carbocycles. The molecule has 0 aliphatic heterocycles. The molecule has 0 fully saturated rings. The number of primary sulfonamides is 1. The van der Waals surface area contributed by atoms with Crippen molar-refractivity contribution in [3.8, 4) is 16.9 Å². The third-order valence-electron chi connectivity index (χ3n) is 3.17. The molecule has 3 aromatic rings. The number of hydrogen-bond donors (Lipinski definition) is 1. The molecule has 2 N–H and O–H groups in total. The fourth-order valence-electron chi connectivity index (χ4n) is 2.22. The van der Waals surface area contributed by atoms with Gasteiger partial charge in [-0.05, 0) is 18.2 Å². The molecule has 0 unspecified atom stereocenters. The van der Waals surface area contributed by atoms with Crippen LogP contribution in [-0.4, -0.2) is 18.2 Å². The molecule has 22 heavy (non-hydrogen) atoms. The Hall–Kier alpha value is -2.51. The molecule has 0 amide bonds. The van der Waals surface area contributed by atoms with Crippen LogP contribution < -0.4 is 5.14 Å². The lowest BCUT2D eigenvalue weighted by molar-refractivity contribution is 0.594. The van der Waals surface area contributed by atoms with Crippen molar-refractivity contribution in [1.29, 1.82) is 0 Å². The van der Waals surface area contributed by atoms with E-state index < -0.39 is 15.8 Å². The summed E-state index contributed by atoms with van der Waals surface area (Å²) < 4.78 is 38.4. The van der Waals surface area contributed by atoms with Gasteiger partial charge in [-0.3, -0.25) is 0 Å². The van der Waals surface area contributed by atoms with Crippen LogP contribution in [0, 0.1) is 5.82 Å². The summed E-state index contributed by atoms with van der Waals surface area (Å²) >= 11 is 0. The molecule has 2 aromatic carbocycles. The second kappa shape index (κ2) is 5.36. The molecule has 7 heteroatoms. The number of aromatic nitrogens is 2. The molecule has 0 bridgehead atoms. The van der Waals surface area contributed by atoms with Gasteiger partial charge >= 0.3 is 0 Å². The number of nitrogens with zero attached hydrogens (tertiary/aromatic N) is 2. The van der Waals surface area contributed by atoms with Crippen LogP contribution >= 0.6 is 0 Å². The first kappa shape index (κ1) is 14.4. The molecular formula is C15H12FN3O2S. The lowest BCUT2D eigenvalue weighted by Gasteiger charge is -2.11. The van der Waals surface area contributed by atoms with E-state index >= 15 is 0 Å². The number of rotatable bonds is 3. The zero-order chi connectivity index (χ0) is 15.7. The van der Waals surface area contributed by atoms with E-state index in [4.69, 9.17) is 5.14 Å². The van der Waals surface area contributed by atoms with Gasteiger partial charge in [0.25, 0.3) is 0 Å². The fourth-order valence-corrected chi connectivity index (χ4v) is 2.91. The summed E-state index contributed by atoms with van der Waals surface area (Å²) in [6.45, 7) is 0. The molecule has 0 spiro atoms. The van der Waals surface area contributed by atoms with Crippen molar-refractivity contribution in [3.05, 3.63) is 66.6 Å². The fraction of sp³-hybridized carbons (Fsp3) is 0. The van der Waals surface area contributed by atoms with Gasteiger partial charge in [0, 0.05) is 11.6 Å². The van der Waals surface area contributed by atoms with Gasteiger partial charge in [-0.2, -0.15) is 5.10 Å². The predicted octanol–water partition coefficient (Wildman–Crippen LogP) is 2.33. The van der Waals surface area contributed by atoms with E-state index in [1.54, 1.807) is 6.07 Å². The monoisotopic (exact) mass is 317 g/mol. The first-order valence-corrected chi connectivity index (χ1v) is 7.93. The Balaban J connectivity index is 2.27. The average Bonchev–Trinajstić information content (AvgIpc) is 2.96. The molecule has 0 radical (unpaired) electrons. The maximum absolute atomic E-state index is 13.6. The first-order chi connectivity index (χ1) is 10.5. The Morgan fingerprint density at radius 2 is 1.77 bits per heavy atom. The Morgan fingerprint density at radius 3 is 2.45 bits per heavy atom. The zero-order valence-corrected chi connectivity index (χ0v) is 12.2. The lowest BCUT2D eigenvalue weighted by Crippen LogP contribution is -2.16. The van der Waals surface area contributed by atoms with Gasteiger partial charge in [0.15, 0.2) is 0 Å². The van der Waals surface area contributed by atoms with Crippen molar-refractivity contribution in [2.45, 2.75) is 4.90 Å². The van der Waals surface area contributed by atoms with E-state index in [0.717, 1.165) is 23.8 Å². The van der Waals surface area contributed by atoms with Gasteiger partial charge in [-0.1, -0.05) is 30.3 Å². The summed E-state index contributed by atoms with van der Waals surface area (Å²) in [5, 5.41) is 9.32. The molecule has 1 aromatic heterocycles. The minimum absolute atomic E-state index is 0.0753. The van der Waals surface area contributed by atoms with Crippen LogP contribution in [0.5, 0.6) is 0 Å². The number of benzene rings is 2. The Labute approximate surface area is 126 Å². The lowest BCUT2D eigenvalue weighted by atomic mass is 10.1. The molecule has 3 rings (SSSR count). The normalized spacial score (nSPS) is 11.5. The summed E-state index contributed by atoms with van der Waals surface area (Å²) in [5.41, 5.74) is 1.53. The average molecular weight is 317 g/mol. The van der Waals surface area contributed by atoms with Crippen LogP contribution in [0.15, 0.2) is 65.7 Å². The van der Waals surface area contributed by atoms with Gasteiger partial charge in [0.1, 0.15) is 10.7 Å². The van der Waals surface area contributed by atoms with Gasteiger partial charge in [0.2, 0.25) is 10.0 Å². The predicted molar refractivity (Wildman–Crippen MR) is 80.3 cm³/mol. The summed E-state index contributed by atoms with van der Waals surface area (Å²) in [6.07, 6.45) is 1.51. The van der Waals surface area contributed by atoms with E-state index in [0.29, 0.717) is 5.69 Å². The van der Waals surface area contributed by atoms with Crippen molar-refractivity contribution in [2.24, 2.45) is 5.14 Å². The van der Waals surface area contributed by atoms with E-state index in [2.05, 4.69) is 5.10 Å². The quantitative estimate of drug-likeness (QED) is 0.805. The van der Waals surface area contributed by atoms with Crippen molar-refractivity contribution in [2.75, 3.05) is 0 Å². The highest BCUT2D eigenvalue weighted by Gasteiger charge is 2.19. The summed E-state index contributed by atoms with van der Waals surface area (Å²) in [7, 11) is -4.00. The molecule has 0 saturated carbocycles. The maximum atomic E-state index is 13.6. The number of sulfonamides is 1. The zero-order valence-electron chi connectivity index (χ0n) is 11.3. The number of nitrogens with two attached hydrogens (primary N) is 1. The standard InChI is InChI=1S/C15H12FN3O2S/c16-12-6-7-15(22(17,20)21)14(10-12)19-13(8-9-18-19)11-4-2-1-3-5-11/h1-10H,(H2,17,20,21). The third kappa shape index (κ3) is 2.63. The van der Waals surface area contributed by atoms with Crippen molar-refractivity contribution < 1.29 is 12.8 Å². The third-order valence-corrected chi connectivity index (χ3v) is 4.13. The summed E-state index contributed by atoms with van der Waals surface area (Å²) in [6, 6.07) is 14.3. The van der Waals surface area contributed by atoms with Gasteiger partial charge < -0.3 is 0 Å². The Bertz CT molecular complexity index is 921. The highest BCUT2D eigenvalue weighted by atomic mass is 32.2. The van der Waals surface area contributed by atoms with Crippen molar-refractivity contribution in [1.82, 2.24) is 9.78 Å². The molecule has 1 heterocycles. The smallest absolute Gasteiger partial charge is 0.232 e. The van der Waals surface area contributed by atoms with Gasteiger partial charge in [-0.15, -0.1) is 0 Å². The molecule has 0 saturated heterocycles. The van der Waals surface area contributed by atoms with E-state index in [9.17, 15) is 12.8 Å². The highest BCUT2D eigenvalue weighted by Crippen LogP contribution is 2.26. The van der Waals surface area contributed by atoms with E-state index in [-0.39, 0.29) is 10.6 Å². The molecule has 0 aliphatic rings. The SMILES string of the molecule is NS(=O)(=O)c1ccc(F)cc1-n1nccc1-c1ccccc1. The van der Waals surface area contributed by atoms with Crippen molar-refractivity contribution in [3.63, 3.8) is 0 Å². The molecular weight excluding hydrogens is 305 g/mol. The second-order valence-electron chi connectivity index (χ2n) is 4.65. The Kier molecular flexibility index (Phi) is 3.51. The van der Waals surface area contributed by atoms with Crippen LogP contribution in [0.1, 0.15) is 0 Å². The topological polar surface area (TPSA) is 78.0 Å². The molecule has 112 valence electrons. The van der Waals surface area contributed by atoms with Crippen LogP contribution in [0.4, 0.5) is 4.39 Å². The van der Waals surface area contributed by atoms with E-state index in [1.165, 1.54) is 10.9 Å². The Morgan fingerprint density at radius 1 is 1.05 bits per heavy atom. The van der Waals surface area contributed by atoms with Gasteiger partial charge in [0.05, 0.1) is 17.6 Å². The van der Waals surface area contributed by atoms with Crippen molar-refractivity contribution >= 4 is 10.0 Å². The first-order valence-electron chi connectivity index (χ1n) is 6.39. The summed E-state index contributed by atoms with van der Waals surface area (Å²) in [4.78, 5) is -0.185. The number of halogens is 1. The minimum atomic E-state index is -4.00. The number of hydrogen-bond acceptors (Lipinski definition) is 3. The van der Waals surface area contributed by atoms with Gasteiger partial charge in [-0.25, -0.2) is 22.6 Å². The van der Waals surface area contributed by atoms with E-state index in [1.807, 2.05) is 30.3 Å². The maximum Gasteiger partial charge on any atom is 0.240 e. The second-order valence-corrected chi connectivity index (χ2v) is 6.18. The van der Waals surface area contributed by atoms with Crippen LogP contribution in [0.25, 0.3) is 16.9 Å². The van der Waals surface area contributed by atoms with Crippen LogP contribution in [0.2, 0.25) is 0 Å². The van der Waals surface area contributed by atoms with Crippen LogP contribution in [0.3, 0.4) is 0 Å². The highest BCUT2D eigenvalue weighted by molar-refractivity contribution is 7.89. The summed E-state index contributed by atoms with van der Waals surface area (Å²) in [5.74, 6) is -0.572. The largest absolute Gasteiger partial charge is 0.240 e. The molecule has 5 nitrogen and oxygen atoms in total. The van der Waals surface area contributed by atoms with Crippen LogP contribution in [-0.2, 0) is 10.0 Å². The minimum Gasteiger partial charge on any atom is -0.232 e.